The lowest BCUT2D eigenvalue weighted by Crippen LogP contribution is -2.31. The smallest absolute Gasteiger partial charge is 0.0620 e. The summed E-state index contributed by atoms with van der Waals surface area (Å²) in [7, 11) is 0. The van der Waals surface area contributed by atoms with Crippen LogP contribution in [0.15, 0.2) is 140 Å². The molecule has 2 heteroatoms. The minimum absolute atomic E-state index is 0.0712. The van der Waals surface area contributed by atoms with Gasteiger partial charge in [-0.1, -0.05) is 292 Å². The summed E-state index contributed by atoms with van der Waals surface area (Å²) >= 11 is 0. The Bertz CT molecular complexity index is 3600. The van der Waals surface area contributed by atoms with Gasteiger partial charge < -0.3 is 9.80 Å². The quantitative estimate of drug-likeness (QED) is 0.0230. The Morgan fingerprint density at radius 3 is 1.08 bits per heavy atom. The molecule has 0 saturated heterocycles. The molecule has 9 rings (SSSR count). The van der Waals surface area contributed by atoms with E-state index in [1.807, 2.05) is 0 Å². The molecule has 2 nitrogen and oxygen atoms in total. The van der Waals surface area contributed by atoms with E-state index in [-0.39, 0.29) is 21.7 Å². The number of unbranched alkanes of at least 4 members (excludes halogenated alkanes) is 15. The van der Waals surface area contributed by atoms with Crippen molar-refractivity contribution >= 4 is 55.7 Å². The highest BCUT2D eigenvalue weighted by molar-refractivity contribution is 6.24. The molecule has 8 aromatic carbocycles. The van der Waals surface area contributed by atoms with Crippen LogP contribution < -0.4 is 9.80 Å². The Hall–Kier alpha value is -6.12. The first kappa shape index (κ1) is 71.2. The van der Waals surface area contributed by atoms with Crippen LogP contribution in [0.3, 0.4) is 0 Å². The molecule has 0 radical (unpaired) electrons. The second kappa shape index (κ2) is 32.5. The Kier molecular flexibility index (Phi) is 24.9. The number of anilines is 6. The molecule has 498 valence electrons. The molecule has 0 spiro atoms. The minimum atomic E-state index is -0.0857. The van der Waals surface area contributed by atoms with Gasteiger partial charge in [0.1, 0.15) is 0 Å². The van der Waals surface area contributed by atoms with Crippen molar-refractivity contribution in [1.29, 1.82) is 0 Å². The highest BCUT2D eigenvalue weighted by Gasteiger charge is 2.36. The van der Waals surface area contributed by atoms with Crippen LogP contribution in [0.1, 0.15) is 302 Å². The average Bonchev–Trinajstić information content (AvgIpc) is 0.719. The second-order valence-corrected chi connectivity index (χ2v) is 32.1. The van der Waals surface area contributed by atoms with Crippen molar-refractivity contribution in [2.24, 2.45) is 0 Å². The number of nitrogens with zero attached hydrogens (tertiary/aromatic N) is 2. The summed E-state index contributed by atoms with van der Waals surface area (Å²) in [4.78, 5) is 5.58. The Morgan fingerprint density at radius 2 is 0.677 bits per heavy atom. The number of hydrogen-bond acceptors (Lipinski definition) is 2. The zero-order chi connectivity index (χ0) is 66.3. The Morgan fingerprint density at radius 1 is 0.312 bits per heavy atom. The van der Waals surface area contributed by atoms with Crippen LogP contribution in [0, 0.1) is 0 Å². The zero-order valence-electron chi connectivity index (χ0n) is 61.5. The van der Waals surface area contributed by atoms with Crippen molar-refractivity contribution in [3.05, 3.63) is 190 Å². The fraction of sp³-hybridized carbons (Fsp3) is 0.516. The first-order chi connectivity index (χ1) is 44.7. The highest BCUT2D eigenvalue weighted by Crippen LogP contribution is 2.55. The average molecular weight is 1250 g/mol. The van der Waals surface area contributed by atoms with Gasteiger partial charge in [-0.2, -0.15) is 0 Å². The lowest BCUT2D eigenvalue weighted by molar-refractivity contribution is 0.271. The summed E-state index contributed by atoms with van der Waals surface area (Å²) in [6, 6.07) is 58.1. The van der Waals surface area contributed by atoms with E-state index in [1.165, 1.54) is 265 Å². The van der Waals surface area contributed by atoms with Gasteiger partial charge in [-0.05, 0) is 215 Å². The maximum absolute atomic E-state index is 2.81. The molecular weight excluding hydrogens is 1120 g/mol. The third-order valence-electron chi connectivity index (χ3n) is 21.0. The molecule has 0 heterocycles. The molecule has 1 saturated carbocycles. The van der Waals surface area contributed by atoms with Gasteiger partial charge in [0.05, 0.1) is 11.4 Å². The lowest BCUT2D eigenvalue weighted by Gasteiger charge is -2.41. The maximum Gasteiger partial charge on any atom is 0.0620 e. The van der Waals surface area contributed by atoms with E-state index in [0.717, 1.165) is 32.1 Å². The SMILES string of the molecule is CCCCCCc1cccc(-c2ccc3c(N(c4cc(CCCCCC)cc(CCCCCC)c4)c4cc(C(C)(C)C)cc(C(C)(C)C)c4)c4ccccc4c(N(c4cc(CCCCCC)cc(CCCCCC)c4)c4cc(C(C)(C)C)cc(C5(C)CCC5)c4)c3c2)c1. The van der Waals surface area contributed by atoms with Gasteiger partial charge in [0.15, 0.2) is 0 Å². The van der Waals surface area contributed by atoms with Crippen molar-refractivity contribution in [3.63, 3.8) is 0 Å². The molecule has 0 N–H and O–H groups in total. The van der Waals surface area contributed by atoms with Gasteiger partial charge in [0.25, 0.3) is 0 Å². The zero-order valence-corrected chi connectivity index (χ0v) is 61.5. The normalized spacial score (nSPS) is 13.5. The largest absolute Gasteiger partial charge is 0.309 e. The predicted molar refractivity (Wildman–Crippen MR) is 413 cm³/mol. The summed E-state index contributed by atoms with van der Waals surface area (Å²) in [6.07, 6.45) is 34.2. The Balaban J connectivity index is 1.46. The van der Waals surface area contributed by atoms with E-state index in [9.17, 15) is 0 Å². The van der Waals surface area contributed by atoms with E-state index in [4.69, 9.17) is 0 Å². The van der Waals surface area contributed by atoms with Crippen molar-refractivity contribution in [2.75, 3.05) is 9.80 Å². The summed E-state index contributed by atoms with van der Waals surface area (Å²) in [5, 5.41) is 5.12. The van der Waals surface area contributed by atoms with Gasteiger partial charge in [-0.15, -0.1) is 0 Å². The van der Waals surface area contributed by atoms with E-state index in [0.29, 0.717) is 0 Å². The molecule has 0 unspecified atom stereocenters. The van der Waals surface area contributed by atoms with Crippen LogP contribution in [0.4, 0.5) is 34.1 Å². The predicted octanol–water partition coefficient (Wildman–Crippen LogP) is 28.5. The van der Waals surface area contributed by atoms with E-state index in [2.05, 4.69) is 253 Å². The van der Waals surface area contributed by atoms with Gasteiger partial charge in [0.2, 0.25) is 0 Å². The van der Waals surface area contributed by atoms with Crippen molar-refractivity contribution in [1.82, 2.24) is 0 Å². The van der Waals surface area contributed by atoms with Crippen LogP contribution in [-0.4, -0.2) is 0 Å². The molecule has 0 aliphatic heterocycles. The standard InChI is InChI=1S/C91H124N2/c1-16-21-26-31-40-67-45-38-46-72(55-67)73-49-50-84-85(60-73)87(93(81-65-76(90(12,13)14)62-77(66-81)91(15)51-39-52-91)79-58-70(43-34-29-24-19-4)54-71(59-79)44-35-30-25-20-5)83-48-37-36-47-82(83)86(84)92(80-63-74(88(6,7)8)61-75(64-80)89(9,10)11)78-56-68(41-32-27-22-17-2)53-69(57-78)42-33-28-23-18-3/h36-38,45-50,53-66H,16-35,39-44,51-52H2,1-15H3. The molecule has 0 bridgehead atoms. The fourth-order valence-electron chi connectivity index (χ4n) is 14.7. The molecule has 0 amide bonds. The fourth-order valence-corrected chi connectivity index (χ4v) is 14.7. The maximum atomic E-state index is 2.81. The van der Waals surface area contributed by atoms with Gasteiger partial charge >= 0.3 is 0 Å². The number of fused-ring (bicyclic) bond motifs is 2. The first-order valence-electron chi connectivity index (χ1n) is 37.9. The molecule has 8 aromatic rings. The summed E-state index contributed by atoms with van der Waals surface area (Å²) in [6.45, 7) is 36.0. The first-order valence-corrected chi connectivity index (χ1v) is 37.9. The van der Waals surface area contributed by atoms with Crippen molar-refractivity contribution < 1.29 is 0 Å². The van der Waals surface area contributed by atoms with E-state index >= 15 is 0 Å². The van der Waals surface area contributed by atoms with E-state index in [1.54, 1.807) is 0 Å². The molecule has 1 aliphatic rings. The van der Waals surface area contributed by atoms with Crippen molar-refractivity contribution in [2.45, 2.75) is 305 Å². The molecular formula is C91H124N2. The summed E-state index contributed by atoms with van der Waals surface area (Å²) in [5.41, 5.74) is 23.0. The van der Waals surface area contributed by atoms with Crippen LogP contribution >= 0.6 is 0 Å². The summed E-state index contributed by atoms with van der Waals surface area (Å²) in [5.74, 6) is 0. The molecule has 93 heavy (non-hydrogen) atoms. The lowest BCUT2D eigenvalue weighted by atomic mass is 9.65. The van der Waals surface area contributed by atoms with Crippen molar-refractivity contribution in [3.8, 4) is 11.1 Å². The van der Waals surface area contributed by atoms with Gasteiger partial charge in [-0.3, -0.25) is 0 Å². The third kappa shape index (κ3) is 18.3. The number of benzene rings is 8. The number of hydrogen-bond donors (Lipinski definition) is 0. The van der Waals surface area contributed by atoms with E-state index < -0.39 is 0 Å². The van der Waals surface area contributed by atoms with Crippen LogP contribution in [0.5, 0.6) is 0 Å². The monoisotopic (exact) mass is 1240 g/mol. The molecule has 0 aromatic heterocycles. The number of rotatable bonds is 33. The second-order valence-electron chi connectivity index (χ2n) is 32.1. The van der Waals surface area contributed by atoms with Crippen LogP contribution in [0.25, 0.3) is 32.7 Å². The van der Waals surface area contributed by atoms with Gasteiger partial charge in [-0.25, -0.2) is 0 Å². The molecule has 0 atom stereocenters. The highest BCUT2D eigenvalue weighted by atomic mass is 15.2. The third-order valence-corrected chi connectivity index (χ3v) is 21.0. The number of aryl methyl sites for hydroxylation is 5. The van der Waals surface area contributed by atoms with Crippen LogP contribution in [0.2, 0.25) is 0 Å². The molecule has 1 aliphatic carbocycles. The van der Waals surface area contributed by atoms with Gasteiger partial charge in [0, 0.05) is 44.3 Å². The molecule has 1 fully saturated rings. The van der Waals surface area contributed by atoms with Crippen LogP contribution in [-0.2, 0) is 53.8 Å². The summed E-state index contributed by atoms with van der Waals surface area (Å²) < 4.78 is 0. The Labute approximate surface area is 568 Å². The topological polar surface area (TPSA) is 6.48 Å². The minimum Gasteiger partial charge on any atom is -0.309 e.